The van der Waals surface area contributed by atoms with Gasteiger partial charge in [-0.05, 0) is 30.3 Å². The molecule has 4 aromatic rings. The van der Waals surface area contributed by atoms with Crippen molar-refractivity contribution in [3.63, 3.8) is 0 Å². The number of rotatable bonds is 10. The zero-order valence-electron chi connectivity index (χ0n) is 17.7. The van der Waals surface area contributed by atoms with E-state index in [0.29, 0.717) is 28.3 Å². The summed E-state index contributed by atoms with van der Waals surface area (Å²) in [6.45, 7) is 0.150. The highest BCUT2D eigenvalue weighted by Gasteiger charge is 2.11. The Morgan fingerprint density at radius 3 is 2.85 bits per heavy atom. The normalized spacial score (nSPS) is 11.1. The van der Waals surface area contributed by atoms with E-state index in [1.807, 2.05) is 0 Å². The molecule has 0 aliphatic rings. The van der Waals surface area contributed by atoms with E-state index in [1.165, 1.54) is 60.4 Å². The van der Waals surface area contributed by atoms with Gasteiger partial charge >= 0.3 is 5.97 Å². The summed E-state index contributed by atoms with van der Waals surface area (Å²) >= 11 is 1.32. The van der Waals surface area contributed by atoms with Crippen molar-refractivity contribution >= 4 is 29.6 Å². The molecule has 0 saturated carbocycles. The lowest BCUT2D eigenvalue weighted by Gasteiger charge is -2.03. The summed E-state index contributed by atoms with van der Waals surface area (Å²) in [5.74, 6) is 1.41. The molecule has 4 rings (SSSR count). The molecule has 0 spiro atoms. The maximum Gasteiger partial charge on any atom is 0.358 e. The average molecular weight is 483 g/mol. The molecule has 13 nitrogen and oxygen atoms in total. The van der Waals surface area contributed by atoms with Crippen LogP contribution >= 0.6 is 11.8 Å². The number of nitro groups is 1. The number of nitrogens with zero attached hydrogens (tertiary/aromatic N) is 7. The SMILES string of the molecule is COC(=O)c1ccn(CSc2nncn2/N=C/c2ccc(COc3ccc([N+](=O)[O-])cc3)o2)n1. The van der Waals surface area contributed by atoms with E-state index < -0.39 is 10.9 Å². The second kappa shape index (κ2) is 10.4. The molecule has 0 radical (unpaired) electrons. The van der Waals surface area contributed by atoms with Crippen LogP contribution in [0.25, 0.3) is 0 Å². The Morgan fingerprint density at radius 1 is 1.26 bits per heavy atom. The number of esters is 1. The first kappa shape index (κ1) is 22.7. The molecule has 1 aromatic carbocycles. The summed E-state index contributed by atoms with van der Waals surface area (Å²) in [4.78, 5) is 21.7. The van der Waals surface area contributed by atoms with E-state index in [1.54, 1.807) is 29.1 Å². The van der Waals surface area contributed by atoms with Crippen molar-refractivity contribution in [2.75, 3.05) is 7.11 Å². The van der Waals surface area contributed by atoms with Gasteiger partial charge in [0.2, 0.25) is 5.16 Å². The minimum absolute atomic E-state index is 0.00839. The molecule has 3 aromatic heterocycles. The third-order valence-electron chi connectivity index (χ3n) is 4.28. The Balaban J connectivity index is 1.31. The van der Waals surface area contributed by atoms with E-state index in [-0.39, 0.29) is 18.0 Å². The van der Waals surface area contributed by atoms with E-state index in [0.717, 1.165) is 0 Å². The molecule has 174 valence electrons. The summed E-state index contributed by atoms with van der Waals surface area (Å²) in [5, 5.41) is 27.5. The number of carbonyl (C=O) groups is 1. The number of ether oxygens (including phenoxy) is 2. The van der Waals surface area contributed by atoms with Crippen molar-refractivity contribution in [3.8, 4) is 5.75 Å². The summed E-state index contributed by atoms with van der Waals surface area (Å²) in [6, 6.07) is 10.8. The number of thioether (sulfide) groups is 1. The zero-order valence-corrected chi connectivity index (χ0v) is 18.5. The quantitative estimate of drug-likeness (QED) is 0.108. The van der Waals surface area contributed by atoms with E-state index in [9.17, 15) is 14.9 Å². The smallest absolute Gasteiger partial charge is 0.358 e. The number of carbonyl (C=O) groups excluding carboxylic acids is 1. The fourth-order valence-electron chi connectivity index (χ4n) is 2.64. The monoisotopic (exact) mass is 483 g/mol. The Morgan fingerprint density at radius 2 is 2.09 bits per heavy atom. The molecule has 0 amide bonds. The summed E-state index contributed by atoms with van der Waals surface area (Å²) in [6.07, 6.45) is 4.61. The first-order chi connectivity index (χ1) is 16.5. The van der Waals surface area contributed by atoms with Gasteiger partial charge in [0.15, 0.2) is 5.69 Å². The van der Waals surface area contributed by atoms with Gasteiger partial charge in [0.25, 0.3) is 5.69 Å². The molecular formula is C20H17N7O6S. The second-order valence-electron chi connectivity index (χ2n) is 6.55. The van der Waals surface area contributed by atoms with Crippen molar-refractivity contribution in [1.29, 1.82) is 0 Å². The highest BCUT2D eigenvalue weighted by atomic mass is 32.2. The van der Waals surface area contributed by atoms with Crippen LogP contribution in [0.5, 0.6) is 5.75 Å². The lowest BCUT2D eigenvalue weighted by molar-refractivity contribution is -0.384. The minimum Gasteiger partial charge on any atom is -0.486 e. The highest BCUT2D eigenvalue weighted by molar-refractivity contribution is 7.98. The predicted molar refractivity (Wildman–Crippen MR) is 119 cm³/mol. The average Bonchev–Trinajstić information content (AvgIpc) is 3.61. The molecule has 3 heterocycles. The summed E-state index contributed by atoms with van der Waals surface area (Å²) in [7, 11) is 1.30. The Bertz CT molecular complexity index is 1310. The Labute approximate surface area is 196 Å². The molecule has 0 N–H and O–H groups in total. The van der Waals surface area contributed by atoms with Gasteiger partial charge in [-0.1, -0.05) is 11.8 Å². The lowest BCUT2D eigenvalue weighted by atomic mass is 10.3. The molecule has 0 bridgehead atoms. The van der Waals surface area contributed by atoms with Crippen LogP contribution in [0.15, 0.2) is 69.7 Å². The third kappa shape index (κ3) is 5.66. The van der Waals surface area contributed by atoms with Gasteiger partial charge in [0.1, 0.15) is 30.2 Å². The number of methoxy groups -OCH3 is 1. The lowest BCUT2D eigenvalue weighted by Crippen LogP contribution is -2.04. The van der Waals surface area contributed by atoms with Crippen LogP contribution in [0.1, 0.15) is 22.0 Å². The number of aromatic nitrogens is 5. The van der Waals surface area contributed by atoms with Crippen LogP contribution in [-0.4, -0.2) is 48.9 Å². The van der Waals surface area contributed by atoms with Gasteiger partial charge in [-0.15, -0.1) is 10.2 Å². The fraction of sp³-hybridized carbons (Fsp3) is 0.150. The summed E-state index contributed by atoms with van der Waals surface area (Å²) in [5.41, 5.74) is 0.208. The van der Waals surface area contributed by atoms with Crippen LogP contribution in [-0.2, 0) is 17.2 Å². The maximum atomic E-state index is 11.5. The molecule has 0 unspecified atom stereocenters. The van der Waals surface area contributed by atoms with Crippen molar-refractivity contribution in [2.24, 2.45) is 5.10 Å². The van der Waals surface area contributed by atoms with E-state index >= 15 is 0 Å². The van der Waals surface area contributed by atoms with Gasteiger partial charge in [-0.2, -0.15) is 14.9 Å². The third-order valence-corrected chi connectivity index (χ3v) is 5.20. The molecule has 14 heteroatoms. The Hall–Kier alpha value is -4.46. The van der Waals surface area contributed by atoms with Gasteiger partial charge in [0.05, 0.1) is 24.1 Å². The molecule has 34 heavy (non-hydrogen) atoms. The van der Waals surface area contributed by atoms with Gasteiger partial charge in [-0.3, -0.25) is 14.8 Å². The number of hydrogen-bond donors (Lipinski definition) is 0. The largest absolute Gasteiger partial charge is 0.486 e. The van der Waals surface area contributed by atoms with Crippen LogP contribution < -0.4 is 4.74 Å². The number of non-ortho nitro benzene ring substituents is 1. The van der Waals surface area contributed by atoms with Crippen molar-refractivity contribution in [3.05, 3.63) is 82.3 Å². The molecule has 0 fully saturated rings. The van der Waals surface area contributed by atoms with Crippen molar-refractivity contribution in [2.45, 2.75) is 17.6 Å². The van der Waals surface area contributed by atoms with Gasteiger partial charge in [-0.25, -0.2) is 4.79 Å². The van der Waals surface area contributed by atoms with Gasteiger partial charge in [0, 0.05) is 18.3 Å². The number of furan rings is 1. The molecule has 0 atom stereocenters. The number of benzene rings is 1. The van der Waals surface area contributed by atoms with Gasteiger partial charge < -0.3 is 13.9 Å². The minimum atomic E-state index is -0.507. The first-order valence-electron chi connectivity index (χ1n) is 9.67. The first-order valence-corrected chi connectivity index (χ1v) is 10.7. The van der Waals surface area contributed by atoms with Crippen LogP contribution in [0.2, 0.25) is 0 Å². The Kier molecular flexibility index (Phi) is 6.98. The molecule has 0 aliphatic carbocycles. The number of hydrogen-bond acceptors (Lipinski definition) is 11. The summed E-state index contributed by atoms with van der Waals surface area (Å²) < 4.78 is 18.9. The standard InChI is InChI=1S/C20H17N7O6S/c1-31-19(28)18-8-9-25(24-18)13-34-20-23-21-12-26(20)22-10-16-6-7-17(33-16)11-32-15-4-2-14(3-5-15)27(29)30/h2-10,12H,11,13H2,1H3/b22-10+. The zero-order chi connectivity index (χ0) is 23.9. The maximum absolute atomic E-state index is 11.5. The second-order valence-corrected chi connectivity index (χ2v) is 7.46. The van der Waals surface area contributed by atoms with E-state index in [4.69, 9.17) is 9.15 Å². The molecule has 0 aliphatic heterocycles. The highest BCUT2D eigenvalue weighted by Crippen LogP contribution is 2.19. The van der Waals surface area contributed by atoms with Crippen LogP contribution in [0, 0.1) is 10.1 Å². The van der Waals surface area contributed by atoms with Crippen LogP contribution in [0.3, 0.4) is 0 Å². The van der Waals surface area contributed by atoms with E-state index in [2.05, 4.69) is 25.1 Å². The van der Waals surface area contributed by atoms with Crippen molar-refractivity contribution in [1.82, 2.24) is 24.7 Å². The van der Waals surface area contributed by atoms with Crippen molar-refractivity contribution < 1.29 is 23.6 Å². The predicted octanol–water partition coefficient (Wildman–Crippen LogP) is 2.97. The fourth-order valence-corrected chi connectivity index (χ4v) is 3.37. The van der Waals surface area contributed by atoms with Crippen LogP contribution in [0.4, 0.5) is 5.69 Å². The molecular weight excluding hydrogens is 466 g/mol. The molecule has 0 saturated heterocycles. The number of nitro benzene ring substituents is 1. The topological polar surface area (TPSA) is 153 Å².